The average Bonchev–Trinajstić information content (AvgIpc) is 2.92. The van der Waals surface area contributed by atoms with Gasteiger partial charge in [0.25, 0.3) is 0 Å². The molecule has 110 valence electrons. The molecule has 0 bridgehead atoms. The lowest BCUT2D eigenvalue weighted by Gasteiger charge is -2.09. The second-order valence-electron chi connectivity index (χ2n) is 4.80. The van der Waals surface area contributed by atoms with E-state index in [1.165, 1.54) is 5.56 Å². The van der Waals surface area contributed by atoms with Crippen LogP contribution in [-0.2, 0) is 6.42 Å². The SMILES string of the molecule is COc1ccc(C[C@@H](N)c2nc3ccccc3[nH]2)cc1.Cl. The van der Waals surface area contributed by atoms with Gasteiger partial charge in [0.2, 0.25) is 0 Å². The van der Waals surface area contributed by atoms with Crippen molar-refractivity contribution in [2.45, 2.75) is 12.5 Å². The van der Waals surface area contributed by atoms with Crippen LogP contribution in [0.25, 0.3) is 11.0 Å². The predicted molar refractivity (Wildman–Crippen MR) is 87.0 cm³/mol. The fourth-order valence-corrected chi connectivity index (χ4v) is 2.26. The van der Waals surface area contributed by atoms with Crippen LogP contribution in [0.5, 0.6) is 5.75 Å². The summed E-state index contributed by atoms with van der Waals surface area (Å²) in [5.74, 6) is 1.67. The first kappa shape index (κ1) is 15.4. The summed E-state index contributed by atoms with van der Waals surface area (Å²) in [6.07, 6.45) is 0.740. The lowest BCUT2D eigenvalue weighted by atomic mass is 10.1. The molecule has 0 saturated carbocycles. The van der Waals surface area contributed by atoms with E-state index in [-0.39, 0.29) is 18.4 Å². The van der Waals surface area contributed by atoms with Gasteiger partial charge >= 0.3 is 0 Å². The van der Waals surface area contributed by atoms with Gasteiger partial charge < -0.3 is 15.5 Å². The quantitative estimate of drug-likeness (QED) is 0.777. The maximum atomic E-state index is 6.24. The van der Waals surface area contributed by atoms with Crippen molar-refractivity contribution in [2.75, 3.05) is 7.11 Å². The van der Waals surface area contributed by atoms with Crippen molar-refractivity contribution in [2.24, 2.45) is 5.73 Å². The van der Waals surface area contributed by atoms with Gasteiger partial charge in [-0.3, -0.25) is 0 Å². The highest BCUT2D eigenvalue weighted by molar-refractivity contribution is 5.85. The van der Waals surface area contributed by atoms with Crippen molar-refractivity contribution in [3.63, 3.8) is 0 Å². The van der Waals surface area contributed by atoms with Crippen LogP contribution in [-0.4, -0.2) is 17.1 Å². The van der Waals surface area contributed by atoms with Crippen molar-refractivity contribution in [1.29, 1.82) is 0 Å². The molecule has 2 aromatic carbocycles. The number of aromatic amines is 1. The molecule has 3 aromatic rings. The van der Waals surface area contributed by atoms with Crippen molar-refractivity contribution in [3.05, 3.63) is 59.9 Å². The van der Waals surface area contributed by atoms with Gasteiger partial charge in [0.15, 0.2) is 0 Å². The highest BCUT2D eigenvalue weighted by atomic mass is 35.5. The zero-order chi connectivity index (χ0) is 13.9. The Labute approximate surface area is 129 Å². The summed E-state index contributed by atoms with van der Waals surface area (Å²) in [5.41, 5.74) is 9.37. The molecular formula is C16H18ClN3O. The minimum Gasteiger partial charge on any atom is -0.497 e. The maximum absolute atomic E-state index is 6.24. The van der Waals surface area contributed by atoms with Crippen LogP contribution < -0.4 is 10.5 Å². The van der Waals surface area contributed by atoms with Crippen molar-refractivity contribution >= 4 is 23.4 Å². The molecule has 3 N–H and O–H groups in total. The van der Waals surface area contributed by atoms with Crippen LogP contribution in [0.1, 0.15) is 17.4 Å². The zero-order valence-corrected chi connectivity index (χ0v) is 12.6. The van der Waals surface area contributed by atoms with Gasteiger partial charge in [0.05, 0.1) is 24.2 Å². The number of H-pyrrole nitrogens is 1. The number of ether oxygens (including phenoxy) is 1. The van der Waals surface area contributed by atoms with E-state index in [4.69, 9.17) is 10.5 Å². The Morgan fingerprint density at radius 3 is 2.52 bits per heavy atom. The molecule has 0 radical (unpaired) electrons. The standard InChI is InChI=1S/C16H17N3O.ClH/c1-20-12-8-6-11(7-9-12)10-13(17)16-18-14-4-2-3-5-15(14)19-16;/h2-9,13H,10,17H2,1H3,(H,18,19);1H/t13-;/m1./s1. The molecule has 3 rings (SSSR count). The molecule has 0 spiro atoms. The summed E-state index contributed by atoms with van der Waals surface area (Å²) in [6, 6.07) is 15.8. The first-order chi connectivity index (χ1) is 9.76. The molecular weight excluding hydrogens is 286 g/mol. The summed E-state index contributed by atoms with van der Waals surface area (Å²) >= 11 is 0. The molecule has 1 atom stereocenters. The predicted octanol–water partition coefficient (Wildman–Crippen LogP) is 3.24. The largest absolute Gasteiger partial charge is 0.497 e. The number of halogens is 1. The fraction of sp³-hybridized carbons (Fsp3) is 0.188. The van der Waals surface area contributed by atoms with Crippen LogP contribution >= 0.6 is 12.4 Å². The van der Waals surface area contributed by atoms with Gasteiger partial charge in [-0.25, -0.2) is 4.98 Å². The van der Waals surface area contributed by atoms with Crippen LogP contribution in [0.3, 0.4) is 0 Å². The number of nitrogens with one attached hydrogen (secondary N) is 1. The van der Waals surface area contributed by atoms with Gasteiger partial charge in [-0.05, 0) is 36.2 Å². The van der Waals surface area contributed by atoms with E-state index in [9.17, 15) is 0 Å². The number of aromatic nitrogens is 2. The summed E-state index contributed by atoms with van der Waals surface area (Å²) in [6.45, 7) is 0. The maximum Gasteiger partial charge on any atom is 0.124 e. The van der Waals surface area contributed by atoms with Crippen molar-refractivity contribution in [3.8, 4) is 5.75 Å². The third-order valence-electron chi connectivity index (χ3n) is 3.37. The van der Waals surface area contributed by atoms with E-state index < -0.39 is 0 Å². The topological polar surface area (TPSA) is 63.9 Å². The molecule has 0 aliphatic carbocycles. The van der Waals surface area contributed by atoms with Gasteiger partial charge in [0.1, 0.15) is 11.6 Å². The minimum absolute atomic E-state index is 0. The fourth-order valence-electron chi connectivity index (χ4n) is 2.26. The third-order valence-corrected chi connectivity index (χ3v) is 3.37. The Bertz CT molecular complexity index is 676. The number of rotatable bonds is 4. The van der Waals surface area contributed by atoms with Crippen molar-refractivity contribution in [1.82, 2.24) is 9.97 Å². The molecule has 0 saturated heterocycles. The summed E-state index contributed by atoms with van der Waals surface area (Å²) in [4.78, 5) is 7.81. The van der Waals surface area contributed by atoms with Crippen LogP contribution in [0, 0.1) is 0 Å². The monoisotopic (exact) mass is 303 g/mol. The lowest BCUT2D eigenvalue weighted by Crippen LogP contribution is -2.14. The van der Waals surface area contributed by atoms with Gasteiger partial charge in [0, 0.05) is 0 Å². The Morgan fingerprint density at radius 1 is 1.14 bits per heavy atom. The number of hydrogen-bond donors (Lipinski definition) is 2. The number of nitrogens with zero attached hydrogens (tertiary/aromatic N) is 1. The van der Waals surface area contributed by atoms with Crippen LogP contribution in [0.4, 0.5) is 0 Å². The van der Waals surface area contributed by atoms with E-state index in [0.717, 1.165) is 29.0 Å². The Morgan fingerprint density at radius 2 is 1.86 bits per heavy atom. The second-order valence-corrected chi connectivity index (χ2v) is 4.80. The molecule has 21 heavy (non-hydrogen) atoms. The molecule has 0 unspecified atom stereocenters. The average molecular weight is 304 g/mol. The van der Waals surface area contributed by atoms with E-state index >= 15 is 0 Å². The molecule has 0 fully saturated rings. The van der Waals surface area contributed by atoms with E-state index in [2.05, 4.69) is 9.97 Å². The third kappa shape index (κ3) is 3.35. The van der Waals surface area contributed by atoms with Crippen LogP contribution in [0.15, 0.2) is 48.5 Å². The number of imidazole rings is 1. The van der Waals surface area contributed by atoms with Crippen molar-refractivity contribution < 1.29 is 4.74 Å². The Balaban J connectivity index is 0.00000161. The van der Waals surface area contributed by atoms with Gasteiger partial charge in [-0.15, -0.1) is 12.4 Å². The number of fused-ring (bicyclic) bond motifs is 1. The first-order valence-corrected chi connectivity index (χ1v) is 6.59. The molecule has 0 aliphatic heterocycles. The van der Waals surface area contributed by atoms with E-state index in [1.807, 2.05) is 48.5 Å². The van der Waals surface area contributed by atoms with E-state index in [1.54, 1.807) is 7.11 Å². The molecule has 0 aliphatic rings. The Kier molecular flexibility index (Phi) is 4.83. The molecule has 5 heteroatoms. The Hall–Kier alpha value is -2.04. The second kappa shape index (κ2) is 6.61. The molecule has 0 amide bonds. The van der Waals surface area contributed by atoms with Gasteiger partial charge in [-0.2, -0.15) is 0 Å². The summed E-state index contributed by atoms with van der Waals surface area (Å²) in [5, 5.41) is 0. The number of hydrogen-bond acceptors (Lipinski definition) is 3. The summed E-state index contributed by atoms with van der Waals surface area (Å²) in [7, 11) is 1.66. The highest BCUT2D eigenvalue weighted by Gasteiger charge is 2.11. The number of methoxy groups -OCH3 is 1. The number of para-hydroxylation sites is 2. The lowest BCUT2D eigenvalue weighted by molar-refractivity contribution is 0.414. The number of benzene rings is 2. The van der Waals surface area contributed by atoms with Crippen LogP contribution in [0.2, 0.25) is 0 Å². The zero-order valence-electron chi connectivity index (χ0n) is 11.7. The first-order valence-electron chi connectivity index (χ1n) is 6.59. The van der Waals surface area contributed by atoms with Gasteiger partial charge in [-0.1, -0.05) is 24.3 Å². The normalized spacial score (nSPS) is 11.9. The minimum atomic E-state index is -0.143. The highest BCUT2D eigenvalue weighted by Crippen LogP contribution is 2.19. The molecule has 1 heterocycles. The summed E-state index contributed by atoms with van der Waals surface area (Å²) < 4.78 is 5.15. The molecule has 1 aromatic heterocycles. The molecule has 4 nitrogen and oxygen atoms in total. The number of nitrogens with two attached hydrogens (primary N) is 1. The van der Waals surface area contributed by atoms with E-state index in [0.29, 0.717) is 0 Å². The smallest absolute Gasteiger partial charge is 0.124 e.